The normalized spacial score (nSPS) is 14.7. The molecule has 0 saturated carbocycles. The van der Waals surface area contributed by atoms with Gasteiger partial charge in [-0.1, -0.05) is 12.1 Å². The van der Waals surface area contributed by atoms with Crippen molar-refractivity contribution in [2.75, 3.05) is 39.3 Å². The average molecular weight is 485 g/mol. The Bertz CT molecular complexity index is 1150. The fourth-order valence-corrected chi connectivity index (χ4v) is 4.80. The molecule has 0 radical (unpaired) electrons. The number of carbonyl (C=O) groups is 2. The van der Waals surface area contributed by atoms with Crippen LogP contribution in [-0.4, -0.2) is 68.8 Å². The van der Waals surface area contributed by atoms with Crippen LogP contribution in [0.2, 0.25) is 0 Å². The summed E-state index contributed by atoms with van der Waals surface area (Å²) in [5.74, 6) is -5.70. The number of nitrogens with one attached hydrogen (secondary N) is 1. The molecule has 0 spiro atoms. The van der Waals surface area contributed by atoms with Crippen molar-refractivity contribution in [3.63, 3.8) is 0 Å². The first-order valence-corrected chi connectivity index (χ1v) is 11.5. The zero-order valence-corrected chi connectivity index (χ0v) is 18.5. The van der Waals surface area contributed by atoms with Crippen molar-refractivity contribution in [2.24, 2.45) is 0 Å². The zero-order valence-electron chi connectivity index (χ0n) is 17.7. The highest BCUT2D eigenvalue weighted by Crippen LogP contribution is 2.24. The summed E-state index contributed by atoms with van der Waals surface area (Å²) >= 11 is 0. The zero-order chi connectivity index (χ0) is 24.2. The van der Waals surface area contributed by atoms with Crippen LogP contribution in [0.4, 0.5) is 13.2 Å². The van der Waals surface area contributed by atoms with Crippen molar-refractivity contribution in [3.8, 4) is 5.75 Å². The fourth-order valence-electron chi connectivity index (χ4n) is 3.32. The van der Waals surface area contributed by atoms with Crippen molar-refractivity contribution < 1.29 is 35.9 Å². The van der Waals surface area contributed by atoms with E-state index in [0.29, 0.717) is 24.5 Å². The number of ether oxygens (including phenoxy) is 1. The number of para-hydroxylation sites is 1. The van der Waals surface area contributed by atoms with Crippen molar-refractivity contribution >= 4 is 21.8 Å². The van der Waals surface area contributed by atoms with Gasteiger partial charge in [-0.2, -0.15) is 4.31 Å². The Balaban J connectivity index is 1.58. The Morgan fingerprint density at radius 2 is 1.67 bits per heavy atom. The minimum atomic E-state index is -4.42. The number of hydrogen-bond acceptors (Lipinski definition) is 5. The summed E-state index contributed by atoms with van der Waals surface area (Å²) in [5, 5.41) is 2.51. The topological polar surface area (TPSA) is 96.0 Å². The Labute approximate surface area is 189 Å². The maximum Gasteiger partial charge on any atom is 0.255 e. The lowest BCUT2D eigenvalue weighted by atomic mass is 10.2. The molecule has 1 aliphatic heterocycles. The number of hydrogen-bond donors (Lipinski definition) is 1. The third kappa shape index (κ3) is 5.28. The molecular weight excluding hydrogens is 463 g/mol. The van der Waals surface area contributed by atoms with Crippen LogP contribution < -0.4 is 10.1 Å². The molecule has 0 atom stereocenters. The molecule has 1 heterocycles. The van der Waals surface area contributed by atoms with Gasteiger partial charge in [-0.15, -0.1) is 0 Å². The monoisotopic (exact) mass is 485 g/mol. The van der Waals surface area contributed by atoms with Crippen LogP contribution >= 0.6 is 0 Å². The van der Waals surface area contributed by atoms with E-state index in [-0.39, 0.29) is 38.3 Å². The van der Waals surface area contributed by atoms with Crippen molar-refractivity contribution in [2.45, 2.75) is 11.8 Å². The van der Waals surface area contributed by atoms with E-state index in [2.05, 4.69) is 5.32 Å². The smallest absolute Gasteiger partial charge is 0.255 e. The van der Waals surface area contributed by atoms with Crippen LogP contribution in [-0.2, 0) is 14.8 Å². The lowest BCUT2D eigenvalue weighted by Gasteiger charge is -2.34. The molecule has 0 aliphatic carbocycles. The van der Waals surface area contributed by atoms with Gasteiger partial charge in [-0.25, -0.2) is 21.6 Å². The number of amides is 2. The number of nitrogens with zero attached hydrogens (tertiary/aromatic N) is 2. The molecular formula is C21H22F3N3O5S. The van der Waals surface area contributed by atoms with E-state index < -0.39 is 44.2 Å². The van der Waals surface area contributed by atoms with Crippen LogP contribution in [0.5, 0.6) is 5.75 Å². The highest BCUT2D eigenvalue weighted by molar-refractivity contribution is 7.89. The number of carbonyl (C=O) groups excluding carboxylic acids is 2. The summed E-state index contributed by atoms with van der Waals surface area (Å²) in [6.45, 7) is 1.44. The highest BCUT2D eigenvalue weighted by Gasteiger charge is 2.33. The Kier molecular flexibility index (Phi) is 7.59. The lowest BCUT2D eigenvalue weighted by molar-refractivity contribution is -0.131. The van der Waals surface area contributed by atoms with Gasteiger partial charge >= 0.3 is 0 Å². The molecule has 2 aromatic rings. The second-order valence-electron chi connectivity index (χ2n) is 7.07. The van der Waals surface area contributed by atoms with E-state index in [1.54, 1.807) is 31.2 Å². The molecule has 3 rings (SSSR count). The van der Waals surface area contributed by atoms with Crippen LogP contribution in [0, 0.1) is 17.5 Å². The summed E-state index contributed by atoms with van der Waals surface area (Å²) in [6.07, 6.45) is 0. The third-order valence-corrected chi connectivity index (χ3v) is 6.96. The first kappa shape index (κ1) is 24.5. The van der Waals surface area contributed by atoms with Crippen molar-refractivity contribution in [3.05, 3.63) is 59.4 Å². The minimum absolute atomic E-state index is 0.0191. The van der Waals surface area contributed by atoms with Gasteiger partial charge in [0, 0.05) is 26.2 Å². The van der Waals surface area contributed by atoms with E-state index >= 15 is 0 Å². The molecule has 0 aromatic heterocycles. The third-order valence-electron chi connectivity index (χ3n) is 5.04. The predicted octanol–water partition coefficient (Wildman–Crippen LogP) is 1.77. The van der Waals surface area contributed by atoms with Crippen LogP contribution in [0.3, 0.4) is 0 Å². The first-order chi connectivity index (χ1) is 15.7. The van der Waals surface area contributed by atoms with Gasteiger partial charge in [-0.3, -0.25) is 9.59 Å². The Morgan fingerprint density at radius 3 is 2.33 bits per heavy atom. The summed E-state index contributed by atoms with van der Waals surface area (Å²) in [6, 6.07) is 7.77. The molecule has 1 N–H and O–H groups in total. The van der Waals surface area contributed by atoms with E-state index in [0.717, 1.165) is 4.31 Å². The van der Waals surface area contributed by atoms with Gasteiger partial charge in [0.15, 0.2) is 17.5 Å². The van der Waals surface area contributed by atoms with Crippen molar-refractivity contribution in [1.29, 1.82) is 0 Å². The quantitative estimate of drug-likeness (QED) is 0.603. The molecule has 1 fully saturated rings. The van der Waals surface area contributed by atoms with Crippen LogP contribution in [0.25, 0.3) is 0 Å². The molecule has 2 amide bonds. The highest BCUT2D eigenvalue weighted by atomic mass is 32.2. The van der Waals surface area contributed by atoms with E-state index in [1.807, 2.05) is 0 Å². The van der Waals surface area contributed by atoms with Gasteiger partial charge < -0.3 is 15.0 Å². The number of piperazine rings is 1. The number of sulfonamides is 1. The molecule has 178 valence electrons. The van der Waals surface area contributed by atoms with Gasteiger partial charge in [0.1, 0.15) is 10.6 Å². The molecule has 1 saturated heterocycles. The van der Waals surface area contributed by atoms with Gasteiger partial charge in [0.05, 0.1) is 18.7 Å². The fraction of sp³-hybridized carbons (Fsp3) is 0.333. The molecule has 2 aromatic carbocycles. The van der Waals surface area contributed by atoms with Crippen LogP contribution in [0.15, 0.2) is 41.3 Å². The van der Waals surface area contributed by atoms with E-state index in [4.69, 9.17) is 4.74 Å². The summed E-state index contributed by atoms with van der Waals surface area (Å²) in [4.78, 5) is 25.3. The van der Waals surface area contributed by atoms with E-state index in [1.165, 1.54) is 4.90 Å². The summed E-state index contributed by atoms with van der Waals surface area (Å²) < 4.78 is 72.1. The largest absolute Gasteiger partial charge is 0.493 e. The maximum atomic E-state index is 14.0. The molecule has 0 bridgehead atoms. The van der Waals surface area contributed by atoms with Crippen LogP contribution in [0.1, 0.15) is 17.3 Å². The number of benzene rings is 2. The second-order valence-corrected chi connectivity index (χ2v) is 8.98. The molecule has 12 heteroatoms. The SMILES string of the molecule is CCOc1ccccc1C(=O)NCC(=O)N1CCN(S(=O)(=O)c2ccc(F)c(F)c2F)CC1. The minimum Gasteiger partial charge on any atom is -0.493 e. The second kappa shape index (κ2) is 10.2. The number of rotatable bonds is 7. The molecule has 33 heavy (non-hydrogen) atoms. The first-order valence-electron chi connectivity index (χ1n) is 10.1. The predicted molar refractivity (Wildman–Crippen MR) is 112 cm³/mol. The average Bonchev–Trinajstić information content (AvgIpc) is 2.81. The maximum absolute atomic E-state index is 14.0. The molecule has 8 nitrogen and oxygen atoms in total. The Morgan fingerprint density at radius 1 is 1.00 bits per heavy atom. The van der Waals surface area contributed by atoms with E-state index in [9.17, 15) is 31.2 Å². The van der Waals surface area contributed by atoms with Crippen molar-refractivity contribution in [1.82, 2.24) is 14.5 Å². The lowest BCUT2D eigenvalue weighted by Crippen LogP contribution is -2.52. The van der Waals surface area contributed by atoms with Gasteiger partial charge in [-0.05, 0) is 31.2 Å². The molecule has 0 unspecified atom stereocenters. The Hall–Kier alpha value is -3.12. The molecule has 1 aliphatic rings. The standard InChI is InChI=1S/C21H22F3N3O5S/c1-2-32-16-6-4-3-5-14(16)21(29)25-13-18(28)26-9-11-27(12-10-26)33(30,31)17-8-7-15(22)19(23)20(17)24/h3-8H,2,9-13H2,1H3,(H,25,29). The van der Waals surface area contributed by atoms with Gasteiger partial charge in [0.2, 0.25) is 15.9 Å². The summed E-state index contributed by atoms with van der Waals surface area (Å²) in [7, 11) is -4.42. The van der Waals surface area contributed by atoms with Gasteiger partial charge in [0.25, 0.3) is 5.91 Å². The number of halogens is 3. The summed E-state index contributed by atoms with van der Waals surface area (Å²) in [5.41, 5.74) is 0.275.